The Morgan fingerprint density at radius 3 is 2.50 bits per heavy atom. The normalized spacial score (nSPS) is 15.2. The van der Waals surface area contributed by atoms with Gasteiger partial charge in [0, 0.05) is 17.4 Å². The van der Waals surface area contributed by atoms with Gasteiger partial charge in [0.15, 0.2) is 5.11 Å². The first-order valence-corrected chi connectivity index (χ1v) is 9.18. The van der Waals surface area contributed by atoms with Crippen molar-refractivity contribution >= 4 is 23.0 Å². The first-order valence-electron chi connectivity index (χ1n) is 8.78. The summed E-state index contributed by atoms with van der Waals surface area (Å²) in [6, 6.07) is 11.0. The number of hydrogen-bond donors (Lipinski definition) is 2. The molecule has 0 bridgehead atoms. The van der Waals surface area contributed by atoms with Crippen LogP contribution in [0, 0.1) is 13.8 Å². The number of nitrogens with one attached hydrogen (secondary N) is 2. The molecule has 1 aliphatic carbocycles. The third-order valence-electron chi connectivity index (χ3n) is 4.59. The second-order valence-electron chi connectivity index (χ2n) is 6.72. The van der Waals surface area contributed by atoms with Crippen molar-refractivity contribution in [3.63, 3.8) is 0 Å². The molecule has 2 N–H and O–H groups in total. The zero-order valence-electron chi connectivity index (χ0n) is 14.5. The van der Waals surface area contributed by atoms with Gasteiger partial charge in [-0.2, -0.15) is 5.10 Å². The number of anilines is 1. The summed E-state index contributed by atoms with van der Waals surface area (Å²) < 4.78 is 2.03. The molecule has 1 aliphatic rings. The molecular formula is C19H26N4S. The van der Waals surface area contributed by atoms with E-state index in [0.29, 0.717) is 6.04 Å². The Balaban J connectivity index is 1.54. The van der Waals surface area contributed by atoms with Gasteiger partial charge in [-0.05, 0) is 62.7 Å². The summed E-state index contributed by atoms with van der Waals surface area (Å²) >= 11 is 5.44. The van der Waals surface area contributed by atoms with E-state index in [2.05, 4.69) is 53.0 Å². The number of thiocarbonyl (C=S) groups is 1. The van der Waals surface area contributed by atoms with Crippen molar-refractivity contribution in [2.24, 2.45) is 0 Å². The average Bonchev–Trinajstić information content (AvgIpc) is 2.87. The minimum atomic E-state index is 0.532. The lowest BCUT2D eigenvalue weighted by atomic mass is 9.96. The lowest BCUT2D eigenvalue weighted by Crippen LogP contribution is -2.38. The van der Waals surface area contributed by atoms with E-state index >= 15 is 0 Å². The molecule has 0 radical (unpaired) electrons. The quantitative estimate of drug-likeness (QED) is 0.819. The Morgan fingerprint density at radius 2 is 1.88 bits per heavy atom. The maximum atomic E-state index is 5.44. The Hall–Kier alpha value is -1.88. The van der Waals surface area contributed by atoms with E-state index in [-0.39, 0.29) is 0 Å². The van der Waals surface area contributed by atoms with Crippen molar-refractivity contribution in [3.05, 3.63) is 47.3 Å². The van der Waals surface area contributed by atoms with Crippen LogP contribution in [0.4, 0.5) is 5.69 Å². The molecule has 0 amide bonds. The molecular weight excluding hydrogens is 316 g/mol. The summed E-state index contributed by atoms with van der Waals surface area (Å²) in [5.74, 6) is 0. The molecule has 0 atom stereocenters. The van der Waals surface area contributed by atoms with Gasteiger partial charge in [-0.3, -0.25) is 4.68 Å². The maximum Gasteiger partial charge on any atom is 0.170 e. The van der Waals surface area contributed by atoms with Gasteiger partial charge in [0.1, 0.15) is 0 Å². The summed E-state index contributed by atoms with van der Waals surface area (Å²) in [5.41, 5.74) is 4.51. The molecule has 1 fully saturated rings. The monoisotopic (exact) mass is 342 g/mol. The van der Waals surface area contributed by atoms with Crippen LogP contribution in [-0.2, 0) is 6.54 Å². The Labute approximate surface area is 149 Å². The van der Waals surface area contributed by atoms with Crippen LogP contribution in [0.2, 0.25) is 0 Å². The second-order valence-corrected chi connectivity index (χ2v) is 7.12. The van der Waals surface area contributed by atoms with Crippen molar-refractivity contribution < 1.29 is 0 Å². The molecule has 2 aromatic rings. The highest BCUT2D eigenvalue weighted by Gasteiger charge is 2.13. The molecule has 0 aliphatic heterocycles. The third-order valence-corrected chi connectivity index (χ3v) is 4.81. The van der Waals surface area contributed by atoms with Crippen molar-refractivity contribution in [1.29, 1.82) is 0 Å². The standard InChI is InChI=1S/C19H26N4S/c1-14-12-15(2)23(22-14)13-16-8-10-18(11-9-16)21-19(24)20-17-6-4-3-5-7-17/h8-12,17H,3-7,13H2,1-2H3,(H2,20,21,24). The fourth-order valence-corrected chi connectivity index (χ4v) is 3.59. The van der Waals surface area contributed by atoms with Crippen LogP contribution >= 0.6 is 12.2 Å². The largest absolute Gasteiger partial charge is 0.360 e. The number of aromatic nitrogens is 2. The van der Waals surface area contributed by atoms with Gasteiger partial charge in [-0.1, -0.05) is 31.4 Å². The summed E-state index contributed by atoms with van der Waals surface area (Å²) in [4.78, 5) is 0. The molecule has 0 saturated heterocycles. The fraction of sp³-hybridized carbons (Fsp3) is 0.474. The first kappa shape index (κ1) is 17.0. The van der Waals surface area contributed by atoms with Gasteiger partial charge < -0.3 is 10.6 Å². The summed E-state index contributed by atoms with van der Waals surface area (Å²) in [5, 5.41) is 12.0. The van der Waals surface area contributed by atoms with E-state index in [9.17, 15) is 0 Å². The number of aryl methyl sites for hydroxylation is 2. The molecule has 1 heterocycles. The number of hydrogen-bond acceptors (Lipinski definition) is 2. The molecule has 4 nitrogen and oxygen atoms in total. The van der Waals surface area contributed by atoms with E-state index in [1.54, 1.807) is 0 Å². The zero-order valence-corrected chi connectivity index (χ0v) is 15.3. The highest BCUT2D eigenvalue weighted by atomic mass is 32.1. The van der Waals surface area contributed by atoms with Crippen LogP contribution in [0.5, 0.6) is 0 Å². The van der Waals surface area contributed by atoms with Crippen molar-refractivity contribution in [2.45, 2.75) is 58.5 Å². The molecule has 128 valence electrons. The summed E-state index contributed by atoms with van der Waals surface area (Å²) in [6.45, 7) is 4.91. The van der Waals surface area contributed by atoms with Crippen molar-refractivity contribution in [1.82, 2.24) is 15.1 Å². The molecule has 1 aromatic carbocycles. The Kier molecular flexibility index (Phi) is 5.51. The number of nitrogens with zero attached hydrogens (tertiary/aromatic N) is 2. The van der Waals surface area contributed by atoms with Crippen LogP contribution in [0.25, 0.3) is 0 Å². The molecule has 0 unspecified atom stereocenters. The van der Waals surface area contributed by atoms with Gasteiger partial charge in [-0.15, -0.1) is 0 Å². The smallest absolute Gasteiger partial charge is 0.170 e. The average molecular weight is 343 g/mol. The lowest BCUT2D eigenvalue weighted by Gasteiger charge is -2.24. The Morgan fingerprint density at radius 1 is 1.17 bits per heavy atom. The maximum absolute atomic E-state index is 5.44. The molecule has 1 saturated carbocycles. The van der Waals surface area contributed by atoms with E-state index in [1.165, 1.54) is 43.4 Å². The summed E-state index contributed by atoms with van der Waals surface area (Å²) in [7, 11) is 0. The predicted molar refractivity (Wildman–Crippen MR) is 103 cm³/mol. The highest BCUT2D eigenvalue weighted by Crippen LogP contribution is 2.18. The van der Waals surface area contributed by atoms with Gasteiger partial charge in [0.05, 0.1) is 12.2 Å². The third kappa shape index (κ3) is 4.57. The van der Waals surface area contributed by atoms with Crippen LogP contribution in [0.1, 0.15) is 49.1 Å². The predicted octanol–water partition coefficient (Wildman–Crippen LogP) is 4.17. The molecule has 1 aromatic heterocycles. The van der Waals surface area contributed by atoms with E-state index in [1.807, 2.05) is 11.6 Å². The highest BCUT2D eigenvalue weighted by molar-refractivity contribution is 7.80. The van der Waals surface area contributed by atoms with Gasteiger partial charge in [0.2, 0.25) is 0 Å². The van der Waals surface area contributed by atoms with Gasteiger partial charge in [0.25, 0.3) is 0 Å². The van der Waals surface area contributed by atoms with E-state index < -0.39 is 0 Å². The van der Waals surface area contributed by atoms with Crippen LogP contribution in [-0.4, -0.2) is 20.9 Å². The summed E-state index contributed by atoms with van der Waals surface area (Å²) in [6.07, 6.45) is 6.42. The lowest BCUT2D eigenvalue weighted by molar-refractivity contribution is 0.415. The van der Waals surface area contributed by atoms with Crippen LogP contribution in [0.3, 0.4) is 0 Å². The SMILES string of the molecule is Cc1cc(C)n(Cc2ccc(NC(=S)NC3CCCCC3)cc2)n1. The van der Waals surface area contributed by atoms with E-state index in [0.717, 1.165) is 23.0 Å². The van der Waals surface area contributed by atoms with Crippen molar-refractivity contribution in [3.8, 4) is 0 Å². The second kappa shape index (κ2) is 7.79. The zero-order chi connectivity index (χ0) is 16.9. The van der Waals surface area contributed by atoms with Gasteiger partial charge in [-0.25, -0.2) is 0 Å². The number of benzene rings is 1. The topological polar surface area (TPSA) is 41.9 Å². The Bertz CT molecular complexity index is 684. The first-order chi connectivity index (χ1) is 11.6. The number of rotatable bonds is 4. The van der Waals surface area contributed by atoms with E-state index in [4.69, 9.17) is 12.2 Å². The minimum Gasteiger partial charge on any atom is -0.360 e. The molecule has 24 heavy (non-hydrogen) atoms. The fourth-order valence-electron chi connectivity index (χ4n) is 3.30. The molecule has 3 rings (SSSR count). The molecule has 5 heteroatoms. The minimum absolute atomic E-state index is 0.532. The molecule has 0 spiro atoms. The van der Waals surface area contributed by atoms with Crippen LogP contribution in [0.15, 0.2) is 30.3 Å². The van der Waals surface area contributed by atoms with Crippen LogP contribution < -0.4 is 10.6 Å². The van der Waals surface area contributed by atoms with Gasteiger partial charge >= 0.3 is 0 Å². The van der Waals surface area contributed by atoms with Crippen molar-refractivity contribution in [2.75, 3.05) is 5.32 Å².